The average Bonchev–Trinajstić information content (AvgIpc) is 3.09. The molecule has 1 spiro atoms. The molecular formula is C17H17F2NO5. The van der Waals surface area contributed by atoms with Crippen molar-refractivity contribution in [1.29, 1.82) is 0 Å². The number of ether oxygens (including phenoxy) is 2. The maximum atomic E-state index is 12.7. The topological polar surface area (TPSA) is 77.0 Å². The molecule has 1 aromatic rings. The Morgan fingerprint density at radius 2 is 2.12 bits per heavy atom. The van der Waals surface area contributed by atoms with Gasteiger partial charge in [0.15, 0.2) is 0 Å². The van der Waals surface area contributed by atoms with Crippen molar-refractivity contribution in [3.05, 3.63) is 35.4 Å². The first-order valence-corrected chi connectivity index (χ1v) is 8.02. The minimum atomic E-state index is -3.01. The van der Waals surface area contributed by atoms with Crippen LogP contribution in [-0.4, -0.2) is 36.5 Å². The number of halogens is 2. The number of hydroxylamine groups is 1. The molecule has 2 heterocycles. The van der Waals surface area contributed by atoms with E-state index in [1.807, 2.05) is 6.08 Å². The lowest BCUT2D eigenvalue weighted by molar-refractivity contribution is -0.140. The van der Waals surface area contributed by atoms with Gasteiger partial charge in [-0.3, -0.25) is 15.1 Å². The van der Waals surface area contributed by atoms with Crippen molar-refractivity contribution < 1.29 is 33.0 Å². The fourth-order valence-electron chi connectivity index (χ4n) is 3.37. The van der Waals surface area contributed by atoms with Crippen LogP contribution in [0.4, 0.5) is 8.78 Å². The van der Waals surface area contributed by atoms with Crippen LogP contribution < -0.4 is 10.2 Å². The second-order valence-corrected chi connectivity index (χ2v) is 6.61. The van der Waals surface area contributed by atoms with Gasteiger partial charge in [-0.25, -0.2) is 0 Å². The first-order chi connectivity index (χ1) is 11.9. The minimum Gasteiger partial charge on any atom is -0.481 e. The van der Waals surface area contributed by atoms with E-state index in [1.54, 1.807) is 12.1 Å². The van der Waals surface area contributed by atoms with Crippen molar-refractivity contribution in [1.82, 2.24) is 5.48 Å². The number of rotatable bonds is 5. The lowest BCUT2D eigenvalue weighted by Gasteiger charge is -2.17. The summed E-state index contributed by atoms with van der Waals surface area (Å²) in [5, 5.41) is 9.52. The lowest BCUT2D eigenvalue weighted by atomic mass is 9.92. The highest BCUT2D eigenvalue weighted by molar-refractivity contribution is 5.86. The van der Waals surface area contributed by atoms with Crippen LogP contribution in [-0.2, 0) is 19.8 Å². The van der Waals surface area contributed by atoms with E-state index in [-0.39, 0.29) is 11.3 Å². The Morgan fingerprint density at radius 3 is 2.72 bits per heavy atom. The van der Waals surface area contributed by atoms with E-state index in [0.29, 0.717) is 43.7 Å². The summed E-state index contributed by atoms with van der Waals surface area (Å²) in [4.78, 5) is 17.3. The molecule has 1 atom stereocenters. The maximum absolute atomic E-state index is 12.7. The molecule has 25 heavy (non-hydrogen) atoms. The summed E-state index contributed by atoms with van der Waals surface area (Å²) in [5.74, 6) is -1.13. The highest BCUT2D eigenvalue weighted by Crippen LogP contribution is 2.52. The quantitative estimate of drug-likeness (QED) is 0.847. The number of hydrogen-bond donors (Lipinski definition) is 2. The smallest absolute Gasteiger partial charge is 0.387 e. The van der Waals surface area contributed by atoms with E-state index in [4.69, 9.17) is 9.57 Å². The third kappa shape index (κ3) is 2.75. The predicted octanol–water partition coefficient (Wildman–Crippen LogP) is 2.44. The Morgan fingerprint density at radius 1 is 1.32 bits per heavy atom. The van der Waals surface area contributed by atoms with E-state index in [1.165, 1.54) is 6.07 Å². The normalized spacial score (nSPS) is 26.6. The van der Waals surface area contributed by atoms with Gasteiger partial charge in [-0.1, -0.05) is 0 Å². The Balaban J connectivity index is 1.72. The summed E-state index contributed by atoms with van der Waals surface area (Å²) in [6.45, 7) is -1.98. The Kier molecular flexibility index (Phi) is 3.69. The van der Waals surface area contributed by atoms with Gasteiger partial charge in [-0.15, -0.1) is 0 Å². The molecule has 6 nitrogen and oxygen atoms in total. The number of nitrogens with one attached hydrogen (secondary N) is 1. The first-order valence-electron chi connectivity index (χ1n) is 8.02. The minimum absolute atomic E-state index is 0.0999. The first kappa shape index (κ1) is 16.3. The Hall–Kier alpha value is -2.19. The predicted molar refractivity (Wildman–Crippen MR) is 82.0 cm³/mol. The fourth-order valence-corrected chi connectivity index (χ4v) is 3.37. The van der Waals surface area contributed by atoms with Crippen molar-refractivity contribution >= 4 is 11.7 Å². The molecule has 0 amide bonds. The van der Waals surface area contributed by atoms with Crippen molar-refractivity contribution in [2.75, 3.05) is 13.2 Å². The van der Waals surface area contributed by atoms with E-state index >= 15 is 0 Å². The van der Waals surface area contributed by atoms with E-state index in [9.17, 15) is 18.7 Å². The fraction of sp³-hybridized carbons (Fsp3) is 0.471. The molecule has 134 valence electrons. The van der Waals surface area contributed by atoms with Crippen molar-refractivity contribution in [3.8, 4) is 5.75 Å². The molecule has 2 fully saturated rings. The molecule has 0 bridgehead atoms. The van der Waals surface area contributed by atoms with Gasteiger partial charge in [-0.05, 0) is 37.1 Å². The molecule has 0 aromatic heterocycles. The monoisotopic (exact) mass is 353 g/mol. The number of carbonyl (C=O) groups is 1. The molecule has 2 aliphatic heterocycles. The van der Waals surface area contributed by atoms with Gasteiger partial charge in [0.25, 0.3) is 0 Å². The summed E-state index contributed by atoms with van der Waals surface area (Å²) in [6, 6.07) is 4.59. The second-order valence-electron chi connectivity index (χ2n) is 6.61. The Labute approximate surface area is 142 Å². The van der Waals surface area contributed by atoms with Gasteiger partial charge in [0.05, 0.1) is 17.7 Å². The van der Waals surface area contributed by atoms with Crippen LogP contribution in [0.5, 0.6) is 5.75 Å². The zero-order chi connectivity index (χ0) is 17.7. The van der Waals surface area contributed by atoms with Crippen LogP contribution >= 0.6 is 0 Å². The molecule has 3 aliphatic rings. The summed E-state index contributed by atoms with van der Waals surface area (Å²) < 4.78 is 35.3. The van der Waals surface area contributed by atoms with Crippen LogP contribution in [0.1, 0.15) is 30.4 Å². The number of carboxylic acids is 1. The average molecular weight is 353 g/mol. The van der Waals surface area contributed by atoms with E-state index < -0.39 is 23.6 Å². The number of hydrogen-bond acceptors (Lipinski definition) is 5. The number of benzene rings is 1. The second kappa shape index (κ2) is 5.67. The van der Waals surface area contributed by atoms with Crippen LogP contribution in [0.25, 0.3) is 5.70 Å². The standard InChI is InChI=1S/C17H17F2NO5/c18-15(19)24-13-2-1-10(7-11(13)17(3-4-17)14(21)22)12-8-16(25-20-12)5-6-23-9-16/h1-2,7-8,15,20H,3-6,9H2,(H,21,22). The van der Waals surface area contributed by atoms with Gasteiger partial charge >= 0.3 is 12.6 Å². The van der Waals surface area contributed by atoms with Crippen LogP contribution in [0.3, 0.4) is 0 Å². The molecule has 1 aliphatic carbocycles. The van der Waals surface area contributed by atoms with Gasteiger partial charge in [0.1, 0.15) is 11.4 Å². The summed E-state index contributed by atoms with van der Waals surface area (Å²) >= 11 is 0. The van der Waals surface area contributed by atoms with Crippen LogP contribution in [0, 0.1) is 0 Å². The van der Waals surface area contributed by atoms with E-state index in [0.717, 1.165) is 0 Å². The summed E-state index contributed by atoms with van der Waals surface area (Å²) in [7, 11) is 0. The van der Waals surface area contributed by atoms with Crippen molar-refractivity contribution in [3.63, 3.8) is 0 Å². The van der Waals surface area contributed by atoms with Crippen LogP contribution in [0.15, 0.2) is 24.3 Å². The number of carboxylic acid groups (broad SMARTS) is 1. The zero-order valence-corrected chi connectivity index (χ0v) is 13.3. The maximum Gasteiger partial charge on any atom is 0.387 e. The molecule has 2 N–H and O–H groups in total. The number of aliphatic carboxylic acids is 1. The lowest BCUT2D eigenvalue weighted by Crippen LogP contribution is -2.29. The highest BCUT2D eigenvalue weighted by Gasteiger charge is 2.53. The van der Waals surface area contributed by atoms with Crippen molar-refractivity contribution in [2.24, 2.45) is 0 Å². The SMILES string of the molecule is O=C(O)C1(c2cc(C3=CC4(CCOC4)ON3)ccc2OC(F)F)CC1. The van der Waals surface area contributed by atoms with Crippen LogP contribution in [0.2, 0.25) is 0 Å². The van der Waals surface area contributed by atoms with Crippen molar-refractivity contribution in [2.45, 2.75) is 36.9 Å². The van der Waals surface area contributed by atoms with Gasteiger partial charge < -0.3 is 14.6 Å². The van der Waals surface area contributed by atoms with Gasteiger partial charge in [-0.2, -0.15) is 8.78 Å². The third-order valence-electron chi connectivity index (χ3n) is 4.97. The molecule has 1 unspecified atom stereocenters. The largest absolute Gasteiger partial charge is 0.481 e. The summed E-state index contributed by atoms with van der Waals surface area (Å²) in [6.07, 6.45) is 3.40. The molecule has 4 rings (SSSR count). The zero-order valence-electron chi connectivity index (χ0n) is 13.3. The highest BCUT2D eigenvalue weighted by atomic mass is 19.3. The molecule has 1 aromatic carbocycles. The molecule has 1 saturated carbocycles. The van der Waals surface area contributed by atoms with E-state index in [2.05, 4.69) is 10.2 Å². The number of alkyl halides is 2. The van der Waals surface area contributed by atoms with Gasteiger partial charge in [0.2, 0.25) is 0 Å². The molecular weight excluding hydrogens is 336 g/mol. The van der Waals surface area contributed by atoms with Gasteiger partial charge in [0, 0.05) is 24.2 Å². The third-order valence-corrected chi connectivity index (χ3v) is 4.97. The Bertz CT molecular complexity index is 739. The molecule has 1 saturated heterocycles. The molecule has 0 radical (unpaired) electrons. The molecule has 8 heteroatoms. The summed E-state index contributed by atoms with van der Waals surface area (Å²) in [5.41, 5.74) is 2.74.